The van der Waals surface area contributed by atoms with Crippen LogP contribution in [-0.2, 0) is 22.6 Å². The van der Waals surface area contributed by atoms with Crippen molar-refractivity contribution in [2.24, 2.45) is 10.7 Å². The van der Waals surface area contributed by atoms with E-state index in [4.69, 9.17) is 5.73 Å². The number of alkyl halides is 3. The van der Waals surface area contributed by atoms with E-state index in [0.29, 0.717) is 0 Å². The van der Waals surface area contributed by atoms with E-state index in [1.54, 1.807) is 0 Å². The molecule has 0 bridgehead atoms. The Kier molecular flexibility index (Phi) is 7.55. The number of aliphatic imine (C=N–C) groups is 1. The molecule has 3 N–H and O–H groups in total. The first-order valence-corrected chi connectivity index (χ1v) is 8.57. The van der Waals surface area contributed by atoms with Crippen molar-refractivity contribution in [2.75, 3.05) is 6.26 Å². The van der Waals surface area contributed by atoms with Crippen molar-refractivity contribution in [1.29, 1.82) is 0 Å². The van der Waals surface area contributed by atoms with Gasteiger partial charge in [0, 0.05) is 11.8 Å². The highest BCUT2D eigenvalue weighted by Crippen LogP contribution is 2.34. The first kappa shape index (κ1) is 23.0. The molecular formula is C14H21F3IN3O2S. The Morgan fingerprint density at radius 1 is 1.25 bits per heavy atom. The molecule has 138 valence electrons. The quantitative estimate of drug-likeness (QED) is 0.397. The van der Waals surface area contributed by atoms with Crippen LogP contribution in [0.25, 0.3) is 0 Å². The summed E-state index contributed by atoms with van der Waals surface area (Å²) in [7, 11) is -3.98. The van der Waals surface area contributed by atoms with Gasteiger partial charge < -0.3 is 11.1 Å². The largest absolute Gasteiger partial charge is 0.417 e. The summed E-state index contributed by atoms with van der Waals surface area (Å²) in [5.41, 5.74) is 4.34. The topological polar surface area (TPSA) is 84.5 Å². The molecule has 0 aliphatic carbocycles. The normalized spacial score (nSPS) is 13.4. The van der Waals surface area contributed by atoms with Crippen molar-refractivity contribution in [1.82, 2.24) is 5.32 Å². The van der Waals surface area contributed by atoms with E-state index in [2.05, 4.69) is 10.3 Å². The van der Waals surface area contributed by atoms with Crippen LogP contribution in [0, 0.1) is 0 Å². The smallest absolute Gasteiger partial charge is 0.370 e. The summed E-state index contributed by atoms with van der Waals surface area (Å²) < 4.78 is 62.1. The van der Waals surface area contributed by atoms with Gasteiger partial charge in [0.1, 0.15) is 0 Å². The van der Waals surface area contributed by atoms with Crippen LogP contribution in [0.1, 0.15) is 31.9 Å². The number of nitrogens with one attached hydrogen (secondary N) is 1. The minimum absolute atomic E-state index is 0. The van der Waals surface area contributed by atoms with Crippen molar-refractivity contribution >= 4 is 39.8 Å². The SMILES string of the molecule is CC(C)(C)NC(N)=NCc1ccc(S(C)(=O)=O)c(C(F)(F)F)c1.I. The van der Waals surface area contributed by atoms with Gasteiger partial charge in [-0.2, -0.15) is 13.2 Å². The monoisotopic (exact) mass is 479 g/mol. The van der Waals surface area contributed by atoms with Gasteiger partial charge in [-0.1, -0.05) is 6.07 Å². The minimum atomic E-state index is -4.77. The number of guanidine groups is 1. The van der Waals surface area contributed by atoms with Gasteiger partial charge in [0.2, 0.25) is 0 Å². The standard InChI is InChI=1S/C14H20F3N3O2S.HI/c1-13(2,3)20-12(18)19-8-9-5-6-11(23(4,21)22)10(7-9)14(15,16)17;/h5-7H,8H2,1-4H3,(H3,18,19,20);1H. The van der Waals surface area contributed by atoms with Crippen LogP contribution < -0.4 is 11.1 Å². The molecule has 0 atom stereocenters. The third-order valence-electron chi connectivity index (χ3n) is 2.68. The fourth-order valence-corrected chi connectivity index (χ4v) is 2.71. The maximum atomic E-state index is 13.0. The second-order valence-electron chi connectivity index (χ2n) is 6.18. The average Bonchev–Trinajstić information content (AvgIpc) is 2.31. The predicted octanol–water partition coefficient (Wildman–Crippen LogP) is 2.93. The number of rotatable bonds is 3. The number of sulfone groups is 1. The molecule has 24 heavy (non-hydrogen) atoms. The molecule has 0 saturated carbocycles. The van der Waals surface area contributed by atoms with Gasteiger partial charge in [0.05, 0.1) is 17.0 Å². The predicted molar refractivity (Wildman–Crippen MR) is 98.2 cm³/mol. The van der Waals surface area contributed by atoms with Crippen LogP contribution in [0.3, 0.4) is 0 Å². The zero-order valence-corrected chi connectivity index (χ0v) is 16.9. The number of halogens is 4. The van der Waals surface area contributed by atoms with Gasteiger partial charge in [-0.3, -0.25) is 0 Å². The number of hydrogen-bond acceptors (Lipinski definition) is 3. The van der Waals surface area contributed by atoms with E-state index in [0.717, 1.165) is 18.4 Å². The first-order chi connectivity index (χ1) is 10.2. The van der Waals surface area contributed by atoms with E-state index in [1.807, 2.05) is 20.8 Å². The summed E-state index contributed by atoms with van der Waals surface area (Å²) >= 11 is 0. The molecule has 0 unspecified atom stereocenters. The van der Waals surface area contributed by atoms with Crippen molar-refractivity contribution in [3.05, 3.63) is 29.3 Å². The molecule has 0 fully saturated rings. The summed E-state index contributed by atoms with van der Waals surface area (Å²) in [5.74, 6) is 0.0956. The highest BCUT2D eigenvalue weighted by Gasteiger charge is 2.36. The van der Waals surface area contributed by atoms with E-state index in [1.165, 1.54) is 6.07 Å². The highest BCUT2D eigenvalue weighted by atomic mass is 127. The van der Waals surface area contributed by atoms with Gasteiger partial charge in [-0.25, -0.2) is 13.4 Å². The molecule has 0 amide bonds. The van der Waals surface area contributed by atoms with Crippen molar-refractivity contribution in [3.8, 4) is 0 Å². The fraction of sp³-hybridized carbons (Fsp3) is 0.500. The van der Waals surface area contributed by atoms with Crippen LogP contribution >= 0.6 is 24.0 Å². The average molecular weight is 479 g/mol. The summed E-state index contributed by atoms with van der Waals surface area (Å²) in [5, 5.41) is 2.88. The molecule has 0 aliphatic heterocycles. The lowest BCUT2D eigenvalue weighted by Crippen LogP contribution is -2.44. The molecule has 0 radical (unpaired) electrons. The maximum Gasteiger partial charge on any atom is 0.417 e. The van der Waals surface area contributed by atoms with Gasteiger partial charge in [0.15, 0.2) is 15.8 Å². The van der Waals surface area contributed by atoms with Crippen LogP contribution in [0.2, 0.25) is 0 Å². The zero-order valence-electron chi connectivity index (χ0n) is 13.7. The Balaban J connectivity index is 0.00000529. The molecule has 1 rings (SSSR count). The Labute approximate surface area is 156 Å². The lowest BCUT2D eigenvalue weighted by Gasteiger charge is -2.21. The zero-order chi connectivity index (χ0) is 18.1. The van der Waals surface area contributed by atoms with Crippen molar-refractivity contribution in [3.63, 3.8) is 0 Å². The summed E-state index contributed by atoms with van der Waals surface area (Å²) in [6.07, 6.45) is -4.03. The molecule has 1 aromatic rings. The van der Waals surface area contributed by atoms with E-state index in [9.17, 15) is 21.6 Å². The molecule has 0 aromatic heterocycles. The maximum absolute atomic E-state index is 13.0. The van der Waals surface area contributed by atoms with Gasteiger partial charge in [-0.05, 0) is 38.5 Å². The Morgan fingerprint density at radius 3 is 2.21 bits per heavy atom. The summed E-state index contributed by atoms with van der Waals surface area (Å²) in [6, 6.07) is 3.01. The number of nitrogens with zero attached hydrogens (tertiary/aromatic N) is 1. The summed E-state index contributed by atoms with van der Waals surface area (Å²) in [6.45, 7) is 5.48. The van der Waals surface area contributed by atoms with Gasteiger partial charge in [-0.15, -0.1) is 24.0 Å². The molecule has 0 spiro atoms. The second kappa shape index (κ2) is 7.89. The molecule has 1 aromatic carbocycles. The van der Waals surface area contributed by atoms with Crippen LogP contribution in [-0.4, -0.2) is 26.2 Å². The molecule has 0 heterocycles. The lowest BCUT2D eigenvalue weighted by molar-refractivity contribution is -0.139. The third-order valence-corrected chi connectivity index (χ3v) is 3.84. The number of hydrogen-bond donors (Lipinski definition) is 2. The second-order valence-corrected chi connectivity index (χ2v) is 8.16. The molecule has 0 aliphatic rings. The van der Waals surface area contributed by atoms with E-state index >= 15 is 0 Å². The number of nitrogens with two attached hydrogens (primary N) is 1. The van der Waals surface area contributed by atoms with Gasteiger partial charge in [0.25, 0.3) is 0 Å². The Hall–Kier alpha value is -1.04. The Morgan fingerprint density at radius 2 is 1.79 bits per heavy atom. The van der Waals surface area contributed by atoms with E-state index < -0.39 is 26.5 Å². The van der Waals surface area contributed by atoms with Crippen LogP contribution in [0.4, 0.5) is 13.2 Å². The molecule has 10 heteroatoms. The highest BCUT2D eigenvalue weighted by molar-refractivity contribution is 14.0. The molecular weight excluding hydrogens is 458 g/mol. The van der Waals surface area contributed by atoms with Crippen molar-refractivity contribution < 1.29 is 21.6 Å². The van der Waals surface area contributed by atoms with Crippen molar-refractivity contribution in [2.45, 2.75) is 43.9 Å². The molecule has 5 nitrogen and oxygen atoms in total. The fourth-order valence-electron chi connectivity index (χ4n) is 1.82. The summed E-state index contributed by atoms with van der Waals surface area (Å²) in [4.78, 5) is 3.21. The van der Waals surface area contributed by atoms with Gasteiger partial charge >= 0.3 is 6.18 Å². The van der Waals surface area contributed by atoms with E-state index in [-0.39, 0.29) is 47.6 Å². The minimum Gasteiger partial charge on any atom is -0.370 e. The first-order valence-electron chi connectivity index (χ1n) is 6.68. The van der Waals surface area contributed by atoms with Crippen LogP contribution in [0.15, 0.2) is 28.1 Å². The molecule has 0 saturated heterocycles. The van der Waals surface area contributed by atoms with Crippen LogP contribution in [0.5, 0.6) is 0 Å². The Bertz CT molecular complexity index is 711. The number of benzene rings is 1. The third kappa shape index (κ3) is 7.24. The lowest BCUT2D eigenvalue weighted by atomic mass is 10.1.